The molecule has 208 valence electrons. The highest BCUT2D eigenvalue weighted by Gasteiger charge is 2.47. The number of carbonyl (C=O) groups is 1. The minimum atomic E-state index is -4.70. The number of aliphatic hydroxyl groups excluding tert-OH is 1. The highest BCUT2D eigenvalue weighted by Crippen LogP contribution is 2.49. The topological polar surface area (TPSA) is 83.5 Å². The second kappa shape index (κ2) is 11.1. The van der Waals surface area contributed by atoms with Gasteiger partial charge in [0.1, 0.15) is 17.6 Å². The van der Waals surface area contributed by atoms with Crippen molar-refractivity contribution in [3.8, 4) is 5.88 Å². The smallest absolute Gasteiger partial charge is 0.394 e. The van der Waals surface area contributed by atoms with Gasteiger partial charge in [-0.25, -0.2) is 13.8 Å². The lowest BCUT2D eigenvalue weighted by Crippen LogP contribution is -2.52. The molecule has 38 heavy (non-hydrogen) atoms. The fourth-order valence-electron chi connectivity index (χ4n) is 5.08. The van der Waals surface area contributed by atoms with Crippen LogP contribution in [0, 0.1) is 11.7 Å². The molecule has 2 aliphatic rings. The second-order valence-corrected chi connectivity index (χ2v) is 10.4. The van der Waals surface area contributed by atoms with Crippen molar-refractivity contribution in [3.05, 3.63) is 59.0 Å². The summed E-state index contributed by atoms with van der Waals surface area (Å²) >= 11 is 0. The molecular weight excluding hydrogens is 509 g/mol. The van der Waals surface area contributed by atoms with E-state index in [4.69, 9.17) is 4.74 Å². The molecule has 1 fully saturated rings. The fourth-order valence-corrected chi connectivity index (χ4v) is 5.08. The lowest BCUT2D eigenvalue weighted by molar-refractivity contribution is -0.186. The van der Waals surface area contributed by atoms with E-state index in [1.807, 2.05) is 0 Å². The van der Waals surface area contributed by atoms with Crippen LogP contribution >= 0.6 is 0 Å². The number of benzene rings is 1. The number of aliphatic hydroxyl groups is 1. The summed E-state index contributed by atoms with van der Waals surface area (Å²) in [5, 5.41) is 16.9. The monoisotopic (exact) mass is 541 g/mol. The molecule has 1 aliphatic heterocycles. The third-order valence-corrected chi connectivity index (χ3v) is 7.47. The van der Waals surface area contributed by atoms with Gasteiger partial charge in [-0.3, -0.25) is 4.79 Å². The van der Waals surface area contributed by atoms with E-state index < -0.39 is 47.9 Å². The van der Waals surface area contributed by atoms with Crippen LogP contribution in [0.1, 0.15) is 68.4 Å². The Morgan fingerprint density at radius 3 is 2.63 bits per heavy atom. The number of hydrogen-bond acceptors (Lipinski definition) is 5. The van der Waals surface area contributed by atoms with Crippen LogP contribution in [-0.2, 0) is 11.2 Å². The molecule has 0 bridgehead atoms. The first-order chi connectivity index (χ1) is 17.9. The number of pyridine rings is 1. The Morgan fingerprint density at radius 2 is 2.03 bits per heavy atom. The number of nitrogens with zero attached hydrogens (tertiary/aromatic N) is 1. The first kappa shape index (κ1) is 28.2. The van der Waals surface area contributed by atoms with Gasteiger partial charge in [-0.2, -0.15) is 13.2 Å². The molecule has 6 nitrogen and oxygen atoms in total. The summed E-state index contributed by atoms with van der Waals surface area (Å²) in [4.78, 5) is 16.0. The normalized spacial score (nSPS) is 21.4. The molecule has 0 saturated heterocycles. The highest BCUT2D eigenvalue weighted by molar-refractivity contribution is 5.73. The minimum Gasteiger partial charge on any atom is -0.471 e. The molecule has 1 aliphatic carbocycles. The molecular formula is C27H32F5N3O3. The Kier molecular flexibility index (Phi) is 8.27. The molecule has 1 amide bonds. The van der Waals surface area contributed by atoms with Crippen LogP contribution in [0.3, 0.4) is 0 Å². The van der Waals surface area contributed by atoms with E-state index in [9.17, 15) is 31.9 Å². The number of aromatic nitrogens is 1. The number of fused-ring (bicyclic) bond motifs is 1. The predicted molar refractivity (Wildman–Crippen MR) is 130 cm³/mol. The summed E-state index contributed by atoms with van der Waals surface area (Å²) in [6.07, 6.45) is -3.84. The zero-order chi connectivity index (χ0) is 27.7. The van der Waals surface area contributed by atoms with Crippen LogP contribution in [-0.4, -0.2) is 46.5 Å². The average molecular weight is 542 g/mol. The van der Waals surface area contributed by atoms with E-state index in [0.717, 1.165) is 32.4 Å². The molecule has 11 heteroatoms. The van der Waals surface area contributed by atoms with Crippen molar-refractivity contribution in [2.75, 3.05) is 6.54 Å². The van der Waals surface area contributed by atoms with Crippen molar-refractivity contribution in [3.63, 3.8) is 0 Å². The van der Waals surface area contributed by atoms with Crippen LogP contribution in [0.15, 0.2) is 36.5 Å². The van der Waals surface area contributed by atoms with E-state index in [1.165, 1.54) is 25.1 Å². The maximum absolute atomic E-state index is 14.8. The lowest BCUT2D eigenvalue weighted by Gasteiger charge is -2.47. The first-order valence-electron chi connectivity index (χ1n) is 12.7. The van der Waals surface area contributed by atoms with Crippen molar-refractivity contribution in [2.24, 2.45) is 5.92 Å². The number of alkyl halides is 4. The van der Waals surface area contributed by atoms with Crippen LogP contribution in [0.5, 0.6) is 5.88 Å². The molecule has 1 saturated carbocycles. The van der Waals surface area contributed by atoms with Crippen molar-refractivity contribution in [1.29, 1.82) is 0 Å². The molecule has 1 aromatic heterocycles. The van der Waals surface area contributed by atoms with Gasteiger partial charge in [0, 0.05) is 43.3 Å². The van der Waals surface area contributed by atoms with E-state index in [1.54, 1.807) is 12.1 Å². The quantitative estimate of drug-likeness (QED) is 0.395. The zero-order valence-corrected chi connectivity index (χ0v) is 21.2. The van der Waals surface area contributed by atoms with Gasteiger partial charge in [-0.1, -0.05) is 19.1 Å². The third-order valence-electron chi connectivity index (χ3n) is 7.47. The SMILES string of the molecule is CC(=O)N[C@@H](Cc1cccc(F)c1)[C@@H](O)CN[C@H]1CC2(CCC2)Oc2ncc(C(F)C(C)C(F)(F)F)cc21. The Morgan fingerprint density at radius 1 is 1.29 bits per heavy atom. The molecule has 2 unspecified atom stereocenters. The largest absolute Gasteiger partial charge is 0.471 e. The zero-order valence-electron chi connectivity index (χ0n) is 21.2. The van der Waals surface area contributed by atoms with Gasteiger partial charge in [0.25, 0.3) is 0 Å². The number of halogens is 5. The van der Waals surface area contributed by atoms with Gasteiger partial charge in [0.15, 0.2) is 0 Å². The van der Waals surface area contributed by atoms with Crippen molar-refractivity contribution in [2.45, 2.75) is 82.1 Å². The summed E-state index contributed by atoms with van der Waals surface area (Å²) in [7, 11) is 0. The summed E-state index contributed by atoms with van der Waals surface area (Å²) in [5.41, 5.74) is 0.341. The lowest BCUT2D eigenvalue weighted by atomic mass is 9.73. The molecule has 5 atom stereocenters. The van der Waals surface area contributed by atoms with Gasteiger partial charge >= 0.3 is 6.18 Å². The van der Waals surface area contributed by atoms with Crippen LogP contribution < -0.4 is 15.4 Å². The van der Waals surface area contributed by atoms with Crippen molar-refractivity contribution < 1.29 is 36.6 Å². The Hall–Kier alpha value is -2.79. The number of hydrogen-bond donors (Lipinski definition) is 3. The number of carbonyl (C=O) groups excluding carboxylic acids is 1. The molecule has 2 heterocycles. The van der Waals surface area contributed by atoms with E-state index in [0.29, 0.717) is 17.5 Å². The summed E-state index contributed by atoms with van der Waals surface area (Å²) < 4.78 is 74.0. The van der Waals surface area contributed by atoms with Gasteiger partial charge in [-0.05, 0) is 49.4 Å². The summed E-state index contributed by atoms with van der Waals surface area (Å²) in [6, 6.07) is 6.01. The number of rotatable bonds is 9. The van der Waals surface area contributed by atoms with E-state index in [-0.39, 0.29) is 30.3 Å². The van der Waals surface area contributed by atoms with Crippen LogP contribution in [0.2, 0.25) is 0 Å². The summed E-state index contributed by atoms with van der Waals surface area (Å²) in [6.45, 7) is 2.11. The van der Waals surface area contributed by atoms with Gasteiger partial charge in [0.2, 0.25) is 11.8 Å². The number of amides is 1. The molecule has 1 aromatic carbocycles. The standard InChI is InChI=1S/C27H32F5N3O3/c1-15(27(30,31)32)24(29)18-11-20-22(12-26(7-4-8-26)38-25(20)34-13-18)33-14-23(37)21(35-16(2)36)10-17-5-3-6-19(28)9-17/h3,5-6,9,11,13,15,21-24,33,37H,4,7-8,10,12,14H2,1-2H3,(H,35,36)/t15?,21-,22-,23-,24?/m0/s1. The minimum absolute atomic E-state index is 0.00266. The summed E-state index contributed by atoms with van der Waals surface area (Å²) in [5.74, 6) is -2.77. The molecule has 1 spiro atoms. The second-order valence-electron chi connectivity index (χ2n) is 10.4. The maximum atomic E-state index is 14.8. The first-order valence-corrected chi connectivity index (χ1v) is 12.7. The fraction of sp³-hybridized carbons (Fsp3) is 0.556. The number of ether oxygens (including phenoxy) is 1. The van der Waals surface area contributed by atoms with Crippen LogP contribution in [0.4, 0.5) is 22.0 Å². The highest BCUT2D eigenvalue weighted by atomic mass is 19.4. The van der Waals surface area contributed by atoms with E-state index >= 15 is 0 Å². The Labute approximate surface area is 218 Å². The van der Waals surface area contributed by atoms with Gasteiger partial charge < -0.3 is 20.5 Å². The van der Waals surface area contributed by atoms with Gasteiger partial charge in [0.05, 0.1) is 18.1 Å². The molecule has 3 N–H and O–H groups in total. The van der Waals surface area contributed by atoms with Gasteiger partial charge in [-0.15, -0.1) is 0 Å². The predicted octanol–water partition coefficient (Wildman–Crippen LogP) is 4.87. The molecule has 0 radical (unpaired) electrons. The van der Waals surface area contributed by atoms with Crippen molar-refractivity contribution in [1.82, 2.24) is 15.6 Å². The van der Waals surface area contributed by atoms with Crippen molar-refractivity contribution >= 4 is 5.91 Å². The molecule has 4 rings (SSSR count). The maximum Gasteiger partial charge on any atom is 0.394 e. The Balaban J connectivity index is 1.53. The van der Waals surface area contributed by atoms with E-state index in [2.05, 4.69) is 15.6 Å². The number of nitrogens with one attached hydrogen (secondary N) is 2. The molecule has 2 aromatic rings. The van der Waals surface area contributed by atoms with Crippen LogP contribution in [0.25, 0.3) is 0 Å². The Bertz CT molecular complexity index is 1140. The third kappa shape index (κ3) is 6.43. The average Bonchev–Trinajstić information content (AvgIpc) is 2.83.